The average molecular weight is 322 g/mol. The number of hydrogen-bond donors (Lipinski definition) is 2. The number of halogens is 2. The molecule has 21 heavy (non-hydrogen) atoms. The highest BCUT2D eigenvalue weighted by Gasteiger charge is 2.29. The molecule has 0 saturated carbocycles. The van der Waals surface area contributed by atoms with E-state index in [1.807, 2.05) is 0 Å². The van der Waals surface area contributed by atoms with Crippen LogP contribution in [0, 0.1) is 6.92 Å². The first-order chi connectivity index (χ1) is 9.63. The summed E-state index contributed by atoms with van der Waals surface area (Å²) in [6.45, 7) is -0.497. The highest BCUT2D eigenvalue weighted by Crippen LogP contribution is 2.17. The van der Waals surface area contributed by atoms with Crippen LogP contribution in [0.15, 0.2) is 23.1 Å². The van der Waals surface area contributed by atoms with E-state index in [4.69, 9.17) is 5.73 Å². The molecular weight excluding hydrogens is 306 g/mol. The molecule has 0 bridgehead atoms. The summed E-state index contributed by atoms with van der Waals surface area (Å²) in [6.07, 6.45) is 0. The third-order valence-electron chi connectivity index (χ3n) is 2.74. The van der Waals surface area contributed by atoms with E-state index in [1.54, 1.807) is 11.6 Å². The molecule has 0 unspecified atom stereocenters. The van der Waals surface area contributed by atoms with Crippen LogP contribution in [0.5, 0.6) is 0 Å². The zero-order chi connectivity index (χ0) is 16.3. The normalized spacial score (nSPS) is 12.2. The quantitative estimate of drug-likeness (QED) is 0.750. The van der Waals surface area contributed by atoms with Crippen LogP contribution in [0.3, 0.4) is 0 Å². The van der Waals surface area contributed by atoms with Gasteiger partial charge in [0.1, 0.15) is 0 Å². The van der Waals surface area contributed by atoms with Gasteiger partial charge in [-0.3, -0.25) is 0 Å². The van der Waals surface area contributed by atoms with Crippen LogP contribution in [-0.2, 0) is 14.8 Å². The second-order valence-corrected chi connectivity index (χ2v) is 6.12. The number of benzene rings is 1. The summed E-state index contributed by atoms with van der Waals surface area (Å²) in [4.78, 5) is 11.2. The van der Waals surface area contributed by atoms with Crippen molar-refractivity contribution < 1.29 is 26.7 Å². The van der Waals surface area contributed by atoms with Crippen molar-refractivity contribution >= 4 is 16.0 Å². The molecule has 0 amide bonds. The van der Waals surface area contributed by atoms with E-state index in [1.165, 1.54) is 12.1 Å². The van der Waals surface area contributed by atoms with Gasteiger partial charge in [-0.25, -0.2) is 26.7 Å². The fourth-order valence-corrected chi connectivity index (χ4v) is 2.54. The minimum atomic E-state index is -4.18. The number of nitrogens with one attached hydrogen (secondary N) is 1. The Morgan fingerprint density at radius 2 is 2.05 bits per heavy atom. The molecule has 1 aromatic rings. The van der Waals surface area contributed by atoms with Crippen LogP contribution in [-0.4, -0.2) is 40.5 Å². The Kier molecular flexibility index (Phi) is 5.37. The van der Waals surface area contributed by atoms with E-state index in [2.05, 4.69) is 4.74 Å². The molecule has 0 aromatic heterocycles. The van der Waals surface area contributed by atoms with Gasteiger partial charge < -0.3 is 10.5 Å². The summed E-state index contributed by atoms with van der Waals surface area (Å²) >= 11 is 0. The maximum absolute atomic E-state index is 13.0. The number of hydrogen-bond acceptors (Lipinski definition) is 5. The van der Waals surface area contributed by atoms with Gasteiger partial charge in [0.05, 0.1) is 30.7 Å². The zero-order valence-corrected chi connectivity index (χ0v) is 12.3. The molecular formula is C12H16F2N2O4S. The smallest absolute Gasteiger partial charge is 0.338 e. The molecule has 0 saturated heterocycles. The maximum Gasteiger partial charge on any atom is 0.338 e. The summed E-state index contributed by atoms with van der Waals surface area (Å²) < 4.78 is 56.1. The fourth-order valence-electron chi connectivity index (χ4n) is 1.45. The third-order valence-corrected chi connectivity index (χ3v) is 4.14. The molecule has 0 radical (unpaired) electrons. The van der Waals surface area contributed by atoms with E-state index in [9.17, 15) is 22.0 Å². The summed E-state index contributed by atoms with van der Waals surface area (Å²) in [7, 11) is -3.02. The summed E-state index contributed by atoms with van der Waals surface area (Å²) in [5.41, 5.74) is 5.38. The van der Waals surface area contributed by atoms with Gasteiger partial charge in [-0.1, -0.05) is 6.07 Å². The van der Waals surface area contributed by atoms with Gasteiger partial charge in [0.25, 0.3) is 5.92 Å². The molecule has 9 heteroatoms. The number of nitrogens with two attached hydrogens (primary N) is 1. The number of alkyl halides is 2. The number of esters is 1. The van der Waals surface area contributed by atoms with Crippen molar-refractivity contribution in [3.05, 3.63) is 29.3 Å². The number of carbonyl (C=O) groups excluding carboxylic acids is 1. The van der Waals surface area contributed by atoms with Gasteiger partial charge in [-0.2, -0.15) is 0 Å². The Hall–Kier alpha value is -1.58. The van der Waals surface area contributed by atoms with E-state index in [0.717, 1.165) is 13.2 Å². The van der Waals surface area contributed by atoms with Crippen molar-refractivity contribution in [1.29, 1.82) is 0 Å². The van der Waals surface area contributed by atoms with Crippen LogP contribution in [0.4, 0.5) is 8.78 Å². The molecule has 0 aliphatic heterocycles. The van der Waals surface area contributed by atoms with Crippen LogP contribution < -0.4 is 10.5 Å². The largest absolute Gasteiger partial charge is 0.465 e. The Balaban J connectivity index is 3.07. The van der Waals surface area contributed by atoms with Gasteiger partial charge >= 0.3 is 5.97 Å². The average Bonchev–Trinajstić information content (AvgIpc) is 2.45. The molecule has 0 fully saturated rings. The molecule has 0 atom stereocenters. The highest BCUT2D eigenvalue weighted by atomic mass is 32.2. The second-order valence-electron chi connectivity index (χ2n) is 4.35. The molecule has 1 aromatic carbocycles. The predicted molar refractivity (Wildman–Crippen MR) is 71.7 cm³/mol. The topological polar surface area (TPSA) is 98.5 Å². The first-order valence-corrected chi connectivity index (χ1v) is 7.38. The molecule has 0 heterocycles. The van der Waals surface area contributed by atoms with Gasteiger partial charge in [0.15, 0.2) is 0 Å². The van der Waals surface area contributed by atoms with Crippen molar-refractivity contribution in [3.8, 4) is 0 Å². The lowest BCUT2D eigenvalue weighted by molar-refractivity contribution is 0.0170. The number of carbonyl (C=O) groups is 1. The summed E-state index contributed by atoms with van der Waals surface area (Å²) in [5.74, 6) is -4.06. The van der Waals surface area contributed by atoms with Crippen LogP contribution in [0.25, 0.3) is 0 Å². The first-order valence-electron chi connectivity index (χ1n) is 5.89. The second kappa shape index (κ2) is 6.46. The lowest BCUT2D eigenvalue weighted by Gasteiger charge is -2.15. The first kappa shape index (κ1) is 17.5. The fraction of sp³-hybridized carbons (Fsp3) is 0.417. The van der Waals surface area contributed by atoms with Crippen molar-refractivity contribution in [2.45, 2.75) is 17.7 Å². The Morgan fingerprint density at radius 1 is 1.43 bits per heavy atom. The van der Waals surface area contributed by atoms with Gasteiger partial charge in [-0.15, -0.1) is 0 Å². The monoisotopic (exact) mass is 322 g/mol. The molecule has 0 aliphatic carbocycles. The maximum atomic E-state index is 13.0. The van der Waals surface area contributed by atoms with Gasteiger partial charge in [-0.05, 0) is 24.6 Å². The Bertz CT molecular complexity index is 632. The van der Waals surface area contributed by atoms with Crippen molar-refractivity contribution in [1.82, 2.24) is 4.72 Å². The molecule has 118 valence electrons. The Morgan fingerprint density at radius 3 is 2.57 bits per heavy atom. The van der Waals surface area contributed by atoms with E-state index in [-0.39, 0.29) is 10.5 Å². The number of methoxy groups -OCH3 is 1. The lowest BCUT2D eigenvalue weighted by atomic mass is 10.1. The standard InChI is InChI=1S/C12H16F2N2O4S/c1-8-3-4-9(5-10(8)11(17)20-2)21(18,19)16-7-12(13,14)6-15/h3-5,16H,6-7,15H2,1-2H3. The number of aryl methyl sites for hydroxylation is 1. The van der Waals surface area contributed by atoms with Crippen molar-refractivity contribution in [3.63, 3.8) is 0 Å². The van der Waals surface area contributed by atoms with Crippen LogP contribution in [0.1, 0.15) is 15.9 Å². The van der Waals surface area contributed by atoms with Crippen molar-refractivity contribution in [2.75, 3.05) is 20.2 Å². The molecule has 1 rings (SSSR count). The SMILES string of the molecule is COC(=O)c1cc(S(=O)(=O)NCC(F)(F)CN)ccc1C. The zero-order valence-electron chi connectivity index (χ0n) is 11.5. The lowest BCUT2D eigenvalue weighted by Crippen LogP contribution is -2.41. The van der Waals surface area contributed by atoms with Crippen LogP contribution >= 0.6 is 0 Å². The van der Waals surface area contributed by atoms with Crippen molar-refractivity contribution in [2.24, 2.45) is 5.73 Å². The van der Waals surface area contributed by atoms with E-state index >= 15 is 0 Å². The number of sulfonamides is 1. The van der Waals surface area contributed by atoms with Gasteiger partial charge in [0.2, 0.25) is 10.0 Å². The van der Waals surface area contributed by atoms with E-state index in [0.29, 0.717) is 5.56 Å². The summed E-state index contributed by atoms with van der Waals surface area (Å²) in [6, 6.07) is 3.68. The molecule has 6 nitrogen and oxygen atoms in total. The van der Waals surface area contributed by atoms with E-state index < -0.39 is 35.0 Å². The Labute approximate surface area is 121 Å². The molecule has 3 N–H and O–H groups in total. The van der Waals surface area contributed by atoms with Crippen LogP contribution in [0.2, 0.25) is 0 Å². The number of ether oxygens (including phenoxy) is 1. The summed E-state index contributed by atoms with van der Waals surface area (Å²) in [5, 5.41) is 0. The highest BCUT2D eigenvalue weighted by molar-refractivity contribution is 7.89. The number of rotatable bonds is 6. The third kappa shape index (κ3) is 4.45. The molecule has 0 aliphatic rings. The minimum absolute atomic E-state index is 0.0472. The van der Waals surface area contributed by atoms with Gasteiger partial charge in [0, 0.05) is 0 Å². The minimum Gasteiger partial charge on any atom is -0.465 e. The molecule has 0 spiro atoms. The predicted octanol–water partition coefficient (Wildman–Crippen LogP) is 0.654.